The molecule has 0 spiro atoms. The van der Waals surface area contributed by atoms with Crippen molar-refractivity contribution < 1.29 is 17.9 Å². The van der Waals surface area contributed by atoms with E-state index in [1.165, 1.54) is 12.1 Å². The van der Waals surface area contributed by atoms with Gasteiger partial charge >= 0.3 is 6.36 Å². The van der Waals surface area contributed by atoms with E-state index in [0.29, 0.717) is 0 Å². The molecule has 5 heteroatoms. The fourth-order valence-electron chi connectivity index (χ4n) is 2.44. The minimum absolute atomic E-state index is 0.141. The van der Waals surface area contributed by atoms with E-state index < -0.39 is 6.36 Å². The number of hydrogen-bond donors (Lipinski definition) is 1. The summed E-state index contributed by atoms with van der Waals surface area (Å²) in [6.07, 6.45) is -1.74. The van der Waals surface area contributed by atoms with Gasteiger partial charge in [0.05, 0.1) is 0 Å². The molecular weight excluding hydrogens is 279 g/mol. The number of nitrogens with one attached hydrogen (secondary N) is 1. The van der Waals surface area contributed by atoms with E-state index in [0.717, 1.165) is 37.9 Å². The second-order valence-electron chi connectivity index (χ2n) is 5.36. The van der Waals surface area contributed by atoms with Crippen molar-refractivity contribution in [2.75, 3.05) is 13.1 Å². The molecule has 1 aromatic rings. The fraction of sp³-hybridized carbons (Fsp3) is 0.625. The van der Waals surface area contributed by atoms with Gasteiger partial charge in [-0.1, -0.05) is 32.9 Å². The summed E-state index contributed by atoms with van der Waals surface area (Å²) in [5.41, 5.74) is 1.17. The molecule has 0 saturated heterocycles. The quantitative estimate of drug-likeness (QED) is 0.761. The Morgan fingerprint density at radius 1 is 1.00 bits per heavy atom. The van der Waals surface area contributed by atoms with Gasteiger partial charge in [-0.25, -0.2) is 0 Å². The first kappa shape index (κ1) is 17.8. The molecule has 0 aromatic heterocycles. The maximum atomic E-state index is 12.1. The van der Waals surface area contributed by atoms with Crippen LogP contribution < -0.4 is 10.1 Å². The average Bonchev–Trinajstić information content (AvgIpc) is 2.44. The summed E-state index contributed by atoms with van der Waals surface area (Å²) in [6.45, 7) is 8.21. The lowest BCUT2D eigenvalue weighted by Crippen LogP contribution is -2.35. The highest BCUT2D eigenvalue weighted by Crippen LogP contribution is 2.31. The third kappa shape index (κ3) is 5.96. The maximum absolute atomic E-state index is 12.1. The largest absolute Gasteiger partial charge is 0.573 e. The van der Waals surface area contributed by atoms with Crippen LogP contribution in [0.1, 0.15) is 39.2 Å². The fourth-order valence-corrected chi connectivity index (χ4v) is 2.44. The summed E-state index contributed by atoms with van der Waals surface area (Å²) >= 11 is 0. The third-order valence-electron chi connectivity index (χ3n) is 3.99. The molecule has 120 valence electrons. The summed E-state index contributed by atoms with van der Waals surface area (Å²) in [6, 6.07) is 6.19. The van der Waals surface area contributed by atoms with Gasteiger partial charge in [0.15, 0.2) is 0 Å². The van der Waals surface area contributed by atoms with Crippen LogP contribution in [0.2, 0.25) is 0 Å². The SMILES string of the molecule is CCNCC(CC)(CC)Cc1ccc(OC(F)(F)F)cc1. The molecule has 0 saturated carbocycles. The lowest BCUT2D eigenvalue weighted by atomic mass is 9.77. The highest BCUT2D eigenvalue weighted by molar-refractivity contribution is 5.28. The summed E-state index contributed by atoms with van der Waals surface area (Å²) in [5, 5.41) is 3.38. The Hall–Kier alpha value is -1.23. The first-order chi connectivity index (χ1) is 9.84. The molecule has 0 aliphatic heterocycles. The van der Waals surface area contributed by atoms with E-state index in [9.17, 15) is 13.2 Å². The summed E-state index contributed by atoms with van der Waals surface area (Å²) < 4.78 is 40.3. The molecule has 0 unspecified atom stereocenters. The molecule has 1 rings (SSSR count). The van der Waals surface area contributed by atoms with Crippen LogP contribution in [0.15, 0.2) is 24.3 Å². The van der Waals surface area contributed by atoms with E-state index in [1.807, 2.05) is 0 Å². The van der Waals surface area contributed by atoms with E-state index in [2.05, 4.69) is 30.8 Å². The van der Waals surface area contributed by atoms with E-state index in [1.54, 1.807) is 12.1 Å². The predicted octanol–water partition coefficient (Wildman–Crippen LogP) is 4.54. The first-order valence-electron chi connectivity index (χ1n) is 7.39. The molecule has 0 amide bonds. The van der Waals surface area contributed by atoms with Gasteiger partial charge in [0, 0.05) is 6.54 Å². The molecule has 0 aliphatic carbocycles. The van der Waals surface area contributed by atoms with Gasteiger partial charge in [0.1, 0.15) is 5.75 Å². The summed E-state index contributed by atoms with van der Waals surface area (Å²) in [7, 11) is 0. The average molecular weight is 303 g/mol. The van der Waals surface area contributed by atoms with Crippen molar-refractivity contribution in [3.63, 3.8) is 0 Å². The van der Waals surface area contributed by atoms with Gasteiger partial charge in [0.25, 0.3) is 0 Å². The second-order valence-corrected chi connectivity index (χ2v) is 5.36. The molecule has 0 atom stereocenters. The van der Waals surface area contributed by atoms with Crippen molar-refractivity contribution >= 4 is 0 Å². The van der Waals surface area contributed by atoms with Crippen LogP contribution >= 0.6 is 0 Å². The number of ether oxygens (including phenoxy) is 1. The molecular formula is C16H24F3NO. The highest BCUT2D eigenvalue weighted by Gasteiger charge is 2.31. The normalized spacial score (nSPS) is 12.5. The van der Waals surface area contributed by atoms with Crippen molar-refractivity contribution in [3.05, 3.63) is 29.8 Å². The Labute approximate surface area is 124 Å². The zero-order chi connectivity index (χ0) is 15.9. The molecule has 0 aliphatic rings. The number of halogens is 3. The summed E-state index contributed by atoms with van der Waals surface area (Å²) in [5.74, 6) is -0.170. The zero-order valence-corrected chi connectivity index (χ0v) is 12.9. The van der Waals surface area contributed by atoms with Gasteiger partial charge in [-0.2, -0.15) is 0 Å². The zero-order valence-electron chi connectivity index (χ0n) is 12.9. The van der Waals surface area contributed by atoms with Crippen LogP contribution in [0.5, 0.6) is 5.75 Å². The molecule has 0 fully saturated rings. The summed E-state index contributed by atoms with van der Waals surface area (Å²) in [4.78, 5) is 0. The number of hydrogen-bond acceptors (Lipinski definition) is 2. The lowest BCUT2D eigenvalue weighted by Gasteiger charge is -2.32. The van der Waals surface area contributed by atoms with E-state index in [-0.39, 0.29) is 11.2 Å². The smallest absolute Gasteiger partial charge is 0.406 e. The molecule has 1 aromatic carbocycles. The Morgan fingerprint density at radius 2 is 1.57 bits per heavy atom. The standard InChI is InChI=1S/C16H24F3NO/c1-4-15(5-2,12-20-6-3)11-13-7-9-14(10-8-13)21-16(17,18)19/h7-10,20H,4-6,11-12H2,1-3H3. The third-order valence-corrected chi connectivity index (χ3v) is 3.99. The van der Waals surface area contributed by atoms with Gasteiger partial charge < -0.3 is 10.1 Å². The minimum atomic E-state index is -4.64. The number of alkyl halides is 3. The predicted molar refractivity (Wildman–Crippen MR) is 78.4 cm³/mol. The van der Waals surface area contributed by atoms with Crippen molar-refractivity contribution in [1.29, 1.82) is 0 Å². The molecule has 1 N–H and O–H groups in total. The van der Waals surface area contributed by atoms with Gasteiger partial charge in [-0.05, 0) is 48.9 Å². The number of benzene rings is 1. The molecule has 0 bridgehead atoms. The van der Waals surface area contributed by atoms with E-state index >= 15 is 0 Å². The van der Waals surface area contributed by atoms with Crippen LogP contribution in [-0.4, -0.2) is 19.5 Å². The van der Waals surface area contributed by atoms with Crippen molar-refractivity contribution in [1.82, 2.24) is 5.32 Å². The van der Waals surface area contributed by atoms with Gasteiger partial charge in [-0.3, -0.25) is 0 Å². The van der Waals surface area contributed by atoms with Crippen LogP contribution in [0.3, 0.4) is 0 Å². The second kappa shape index (κ2) is 7.69. The van der Waals surface area contributed by atoms with Crippen LogP contribution in [0.4, 0.5) is 13.2 Å². The minimum Gasteiger partial charge on any atom is -0.406 e. The lowest BCUT2D eigenvalue weighted by molar-refractivity contribution is -0.274. The topological polar surface area (TPSA) is 21.3 Å². The molecule has 21 heavy (non-hydrogen) atoms. The van der Waals surface area contributed by atoms with Crippen LogP contribution in [0.25, 0.3) is 0 Å². The first-order valence-corrected chi connectivity index (χ1v) is 7.39. The maximum Gasteiger partial charge on any atom is 0.573 e. The highest BCUT2D eigenvalue weighted by atomic mass is 19.4. The number of rotatable bonds is 8. The Morgan fingerprint density at radius 3 is 2.00 bits per heavy atom. The van der Waals surface area contributed by atoms with E-state index in [4.69, 9.17) is 0 Å². The Balaban J connectivity index is 2.76. The van der Waals surface area contributed by atoms with Crippen LogP contribution in [-0.2, 0) is 6.42 Å². The molecule has 0 radical (unpaired) electrons. The monoisotopic (exact) mass is 303 g/mol. The van der Waals surface area contributed by atoms with Crippen LogP contribution in [0, 0.1) is 5.41 Å². The van der Waals surface area contributed by atoms with Crippen molar-refractivity contribution in [2.24, 2.45) is 5.41 Å². The van der Waals surface area contributed by atoms with Crippen molar-refractivity contribution in [2.45, 2.75) is 46.4 Å². The molecule has 0 heterocycles. The van der Waals surface area contributed by atoms with Gasteiger partial charge in [0.2, 0.25) is 0 Å². The van der Waals surface area contributed by atoms with Gasteiger partial charge in [-0.15, -0.1) is 13.2 Å². The molecule has 2 nitrogen and oxygen atoms in total. The Kier molecular flexibility index (Phi) is 6.52. The Bertz CT molecular complexity index is 411. The van der Waals surface area contributed by atoms with Crippen molar-refractivity contribution in [3.8, 4) is 5.75 Å².